The van der Waals surface area contributed by atoms with Gasteiger partial charge in [0, 0.05) is 12.1 Å². The van der Waals surface area contributed by atoms with Crippen LogP contribution in [0, 0.1) is 22.9 Å². The fourth-order valence-electron chi connectivity index (χ4n) is 1.82. The number of rotatable bonds is 5. The minimum Gasteiger partial charge on any atom is -0.491 e. The third-order valence-corrected chi connectivity index (χ3v) is 3.00. The Balaban J connectivity index is 2.04. The Labute approximate surface area is 120 Å². The van der Waals surface area contributed by atoms with Gasteiger partial charge in [0.2, 0.25) is 0 Å². The highest BCUT2D eigenvalue weighted by Gasteiger charge is 2.13. The zero-order valence-corrected chi connectivity index (χ0v) is 11.3. The summed E-state index contributed by atoms with van der Waals surface area (Å²) in [6, 6.07) is 9.99. The number of aliphatic hydroxyl groups excluding tert-OH is 1. The third-order valence-electron chi connectivity index (χ3n) is 3.00. The largest absolute Gasteiger partial charge is 0.491 e. The summed E-state index contributed by atoms with van der Waals surface area (Å²) in [4.78, 5) is 10.2. The van der Waals surface area contributed by atoms with Gasteiger partial charge in [0.15, 0.2) is 0 Å². The molecule has 0 aromatic heterocycles. The van der Waals surface area contributed by atoms with Crippen LogP contribution in [0.2, 0.25) is 0 Å². The molecule has 2 aromatic rings. The van der Waals surface area contributed by atoms with Crippen molar-refractivity contribution in [1.82, 2.24) is 0 Å². The molecule has 0 spiro atoms. The molecular formula is C15H14FNO4. The second kappa shape index (κ2) is 6.32. The van der Waals surface area contributed by atoms with Crippen molar-refractivity contribution < 1.29 is 19.2 Å². The molecule has 1 atom stereocenters. The average molecular weight is 291 g/mol. The lowest BCUT2D eigenvalue weighted by Crippen LogP contribution is -2.10. The Hall–Kier alpha value is -2.47. The van der Waals surface area contributed by atoms with Crippen molar-refractivity contribution in [1.29, 1.82) is 0 Å². The number of halogens is 1. The maximum atomic E-state index is 13.1. The van der Waals surface area contributed by atoms with Gasteiger partial charge in [0.25, 0.3) is 5.69 Å². The Bertz CT molecular complexity index is 660. The van der Waals surface area contributed by atoms with Crippen molar-refractivity contribution in [2.45, 2.75) is 13.0 Å². The fraction of sp³-hybridized carbons (Fsp3) is 0.200. The summed E-state index contributed by atoms with van der Waals surface area (Å²) < 4.78 is 18.5. The first-order valence-electron chi connectivity index (χ1n) is 6.29. The van der Waals surface area contributed by atoms with Gasteiger partial charge in [-0.25, -0.2) is 4.39 Å². The van der Waals surface area contributed by atoms with E-state index in [2.05, 4.69) is 0 Å². The van der Waals surface area contributed by atoms with E-state index in [0.717, 1.165) is 0 Å². The SMILES string of the molecule is Cc1cc(OCC(O)c2cccc([N+](=O)[O-])c2)ccc1F. The number of aryl methyl sites for hydroxylation is 1. The number of ether oxygens (including phenoxy) is 1. The molecule has 5 nitrogen and oxygen atoms in total. The van der Waals surface area contributed by atoms with Crippen LogP contribution in [0.1, 0.15) is 17.2 Å². The van der Waals surface area contributed by atoms with E-state index >= 15 is 0 Å². The van der Waals surface area contributed by atoms with Crippen molar-refractivity contribution in [3.05, 3.63) is 69.5 Å². The molecule has 0 aliphatic carbocycles. The normalized spacial score (nSPS) is 12.0. The highest BCUT2D eigenvalue weighted by Crippen LogP contribution is 2.21. The number of hydrogen-bond acceptors (Lipinski definition) is 4. The molecule has 0 radical (unpaired) electrons. The van der Waals surface area contributed by atoms with Gasteiger partial charge in [0.1, 0.15) is 24.3 Å². The molecular weight excluding hydrogens is 277 g/mol. The topological polar surface area (TPSA) is 72.6 Å². The van der Waals surface area contributed by atoms with E-state index in [4.69, 9.17) is 4.74 Å². The third kappa shape index (κ3) is 3.76. The van der Waals surface area contributed by atoms with E-state index < -0.39 is 11.0 Å². The molecule has 0 aliphatic rings. The minimum absolute atomic E-state index is 0.0771. The van der Waals surface area contributed by atoms with Crippen molar-refractivity contribution in [3.8, 4) is 5.75 Å². The monoisotopic (exact) mass is 291 g/mol. The second-order valence-electron chi connectivity index (χ2n) is 4.59. The van der Waals surface area contributed by atoms with Crippen LogP contribution in [0.4, 0.5) is 10.1 Å². The maximum absolute atomic E-state index is 13.1. The number of nitro benzene ring substituents is 1. The molecule has 0 aliphatic heterocycles. The molecule has 2 aromatic carbocycles. The van der Waals surface area contributed by atoms with E-state index in [9.17, 15) is 19.6 Å². The molecule has 2 rings (SSSR count). The number of aliphatic hydroxyl groups is 1. The van der Waals surface area contributed by atoms with E-state index in [1.165, 1.54) is 36.4 Å². The van der Waals surface area contributed by atoms with Crippen LogP contribution in [0.15, 0.2) is 42.5 Å². The molecule has 0 saturated heterocycles. The summed E-state index contributed by atoms with van der Waals surface area (Å²) in [6.45, 7) is 1.53. The van der Waals surface area contributed by atoms with Crippen LogP contribution in [0.5, 0.6) is 5.75 Å². The van der Waals surface area contributed by atoms with Gasteiger partial charge in [0.05, 0.1) is 4.92 Å². The number of nitro groups is 1. The van der Waals surface area contributed by atoms with Gasteiger partial charge in [-0.3, -0.25) is 10.1 Å². The zero-order valence-electron chi connectivity index (χ0n) is 11.3. The van der Waals surface area contributed by atoms with Crippen LogP contribution >= 0.6 is 0 Å². The predicted octanol–water partition coefficient (Wildman–Crippen LogP) is 3.15. The Kier molecular flexibility index (Phi) is 4.49. The highest BCUT2D eigenvalue weighted by atomic mass is 19.1. The van der Waals surface area contributed by atoms with E-state index in [-0.39, 0.29) is 18.1 Å². The lowest BCUT2D eigenvalue weighted by atomic mass is 10.1. The van der Waals surface area contributed by atoms with Crippen molar-refractivity contribution in [2.24, 2.45) is 0 Å². The lowest BCUT2D eigenvalue weighted by molar-refractivity contribution is -0.385. The van der Waals surface area contributed by atoms with Crippen molar-refractivity contribution in [3.63, 3.8) is 0 Å². The van der Waals surface area contributed by atoms with Crippen molar-refractivity contribution in [2.75, 3.05) is 6.61 Å². The van der Waals surface area contributed by atoms with Crippen LogP contribution in [0.3, 0.4) is 0 Å². The molecule has 0 bridgehead atoms. The van der Waals surface area contributed by atoms with E-state index in [1.807, 2.05) is 0 Å². The smallest absolute Gasteiger partial charge is 0.269 e. The van der Waals surface area contributed by atoms with Gasteiger partial charge in [-0.1, -0.05) is 12.1 Å². The molecule has 0 fully saturated rings. The summed E-state index contributed by atoms with van der Waals surface area (Å²) in [6.07, 6.45) is -1.00. The molecule has 0 amide bonds. The molecule has 21 heavy (non-hydrogen) atoms. The Morgan fingerprint density at radius 1 is 1.33 bits per heavy atom. The lowest BCUT2D eigenvalue weighted by Gasteiger charge is -2.13. The van der Waals surface area contributed by atoms with Crippen LogP contribution in [-0.4, -0.2) is 16.6 Å². The standard InChI is InChI=1S/C15H14FNO4/c1-10-7-13(5-6-14(10)16)21-9-15(18)11-3-2-4-12(8-11)17(19)20/h2-8,15,18H,9H2,1H3. The minimum atomic E-state index is -1.00. The quantitative estimate of drug-likeness (QED) is 0.678. The first-order valence-corrected chi connectivity index (χ1v) is 6.29. The molecule has 6 heteroatoms. The molecule has 110 valence electrons. The summed E-state index contributed by atoms with van der Waals surface area (Å²) in [5.74, 6) is 0.0972. The van der Waals surface area contributed by atoms with Crippen molar-refractivity contribution >= 4 is 5.69 Å². The molecule has 0 heterocycles. The van der Waals surface area contributed by atoms with Gasteiger partial charge < -0.3 is 9.84 Å². The molecule has 0 saturated carbocycles. The molecule has 1 N–H and O–H groups in total. The summed E-state index contributed by atoms with van der Waals surface area (Å²) in [7, 11) is 0. The predicted molar refractivity (Wildman–Crippen MR) is 74.7 cm³/mol. The zero-order chi connectivity index (χ0) is 15.4. The maximum Gasteiger partial charge on any atom is 0.269 e. The highest BCUT2D eigenvalue weighted by molar-refractivity contribution is 5.35. The van der Waals surface area contributed by atoms with Gasteiger partial charge in [-0.15, -0.1) is 0 Å². The molecule has 1 unspecified atom stereocenters. The summed E-state index contributed by atoms with van der Waals surface area (Å²) >= 11 is 0. The Morgan fingerprint density at radius 3 is 2.76 bits per heavy atom. The average Bonchev–Trinajstić information content (AvgIpc) is 2.48. The van der Waals surface area contributed by atoms with Crippen LogP contribution in [0.25, 0.3) is 0 Å². The summed E-state index contributed by atoms with van der Waals surface area (Å²) in [5.41, 5.74) is 0.740. The second-order valence-corrected chi connectivity index (χ2v) is 4.59. The number of nitrogens with zero attached hydrogens (tertiary/aromatic N) is 1. The van der Waals surface area contributed by atoms with E-state index in [0.29, 0.717) is 16.9 Å². The van der Waals surface area contributed by atoms with E-state index in [1.54, 1.807) is 13.0 Å². The first kappa shape index (κ1) is 14.9. The Morgan fingerprint density at radius 2 is 2.10 bits per heavy atom. The van der Waals surface area contributed by atoms with Gasteiger partial charge >= 0.3 is 0 Å². The summed E-state index contributed by atoms with van der Waals surface area (Å²) in [5, 5.41) is 20.7. The first-order chi connectivity index (χ1) is 9.97. The number of hydrogen-bond donors (Lipinski definition) is 1. The number of benzene rings is 2. The van der Waals surface area contributed by atoms with Gasteiger partial charge in [-0.2, -0.15) is 0 Å². The number of non-ortho nitro benzene ring substituents is 1. The van der Waals surface area contributed by atoms with Gasteiger partial charge in [-0.05, 0) is 36.2 Å². The van der Waals surface area contributed by atoms with Crippen LogP contribution in [-0.2, 0) is 0 Å². The van der Waals surface area contributed by atoms with Crippen LogP contribution < -0.4 is 4.74 Å². The fourth-order valence-corrected chi connectivity index (χ4v) is 1.82.